The van der Waals surface area contributed by atoms with Crippen LogP contribution in [0.3, 0.4) is 0 Å². The number of aryl methyl sites for hydroxylation is 2. The SMILES string of the molecule is Cc1cccc(C)c1N=C(N/N=C\c1ccc(C(N)=NC=Nc2ccc(OC(F)(F)F)cc2)cc1)SCc1ccc(C(F)(F)F)o1. The molecule has 240 valence electrons. The van der Waals surface area contributed by atoms with Crippen LogP contribution < -0.4 is 15.9 Å². The molecule has 3 N–H and O–H groups in total. The fraction of sp³-hybridized carbons (Fsp3) is 0.161. The predicted octanol–water partition coefficient (Wildman–Crippen LogP) is 8.42. The van der Waals surface area contributed by atoms with Crippen LogP contribution in [-0.2, 0) is 11.9 Å². The van der Waals surface area contributed by atoms with Crippen molar-refractivity contribution in [3.8, 4) is 5.75 Å². The van der Waals surface area contributed by atoms with Crippen molar-refractivity contribution < 1.29 is 35.5 Å². The lowest BCUT2D eigenvalue weighted by Crippen LogP contribution is -2.16. The van der Waals surface area contributed by atoms with Gasteiger partial charge in [0.2, 0.25) is 5.76 Å². The quantitative estimate of drug-likeness (QED) is 0.0811. The standard InChI is InChI=1S/C31H26F6N6O2S/c1-19-4-3-5-20(2)27(19)42-29(46-17-25-14-15-26(44-25)30(32,33)34)43-41-16-21-6-8-22(9-7-21)28(38)40-18-39-23-10-12-24(13-11-23)45-31(35,36)37/h3-16,18H,17H2,1-2H3,(H,42,43)(H2,38,39,40)/b41-16-. The summed E-state index contributed by atoms with van der Waals surface area (Å²) in [5.74, 6) is -1.08. The number of hydrogen-bond acceptors (Lipinski definition) is 6. The number of halogens is 6. The van der Waals surface area contributed by atoms with Gasteiger partial charge in [0.1, 0.15) is 23.7 Å². The molecule has 8 nitrogen and oxygen atoms in total. The van der Waals surface area contributed by atoms with Crippen LogP contribution in [0.15, 0.2) is 103 Å². The molecule has 0 aliphatic heterocycles. The van der Waals surface area contributed by atoms with E-state index < -0.39 is 18.3 Å². The van der Waals surface area contributed by atoms with E-state index in [1.54, 1.807) is 24.3 Å². The van der Waals surface area contributed by atoms with Gasteiger partial charge in [0.25, 0.3) is 0 Å². The van der Waals surface area contributed by atoms with Crippen LogP contribution in [0.4, 0.5) is 37.7 Å². The molecule has 0 atom stereocenters. The van der Waals surface area contributed by atoms with E-state index in [2.05, 4.69) is 30.2 Å². The number of alkyl halides is 6. The Bertz CT molecular complexity index is 1720. The van der Waals surface area contributed by atoms with Gasteiger partial charge in [0, 0.05) is 5.56 Å². The first-order valence-electron chi connectivity index (χ1n) is 13.3. The number of rotatable bonds is 9. The summed E-state index contributed by atoms with van der Waals surface area (Å²) in [5.41, 5.74) is 13.0. The van der Waals surface area contributed by atoms with E-state index in [-0.39, 0.29) is 23.1 Å². The van der Waals surface area contributed by atoms with Crippen LogP contribution in [0.1, 0.15) is 33.8 Å². The minimum absolute atomic E-state index is 0.0801. The highest BCUT2D eigenvalue weighted by atomic mass is 32.2. The first-order valence-corrected chi connectivity index (χ1v) is 14.3. The molecule has 1 aromatic heterocycles. The lowest BCUT2D eigenvalue weighted by molar-refractivity contribution is -0.274. The Labute approximate surface area is 263 Å². The summed E-state index contributed by atoms with van der Waals surface area (Å²) in [6, 6.07) is 19.7. The second-order valence-corrected chi connectivity index (χ2v) is 10.5. The minimum Gasteiger partial charge on any atom is -0.456 e. The monoisotopic (exact) mass is 660 g/mol. The normalized spacial score (nSPS) is 13.1. The molecule has 0 fully saturated rings. The fourth-order valence-corrected chi connectivity index (χ4v) is 4.50. The van der Waals surface area contributed by atoms with E-state index in [0.717, 1.165) is 41.1 Å². The number of benzene rings is 3. The number of ether oxygens (including phenoxy) is 1. The van der Waals surface area contributed by atoms with Gasteiger partial charge >= 0.3 is 12.5 Å². The van der Waals surface area contributed by atoms with Gasteiger partial charge in [-0.15, -0.1) is 13.2 Å². The Kier molecular flexibility index (Phi) is 10.9. The minimum atomic E-state index is -4.78. The van der Waals surface area contributed by atoms with E-state index >= 15 is 0 Å². The smallest absolute Gasteiger partial charge is 0.456 e. The molecule has 15 heteroatoms. The lowest BCUT2D eigenvalue weighted by Gasteiger charge is -2.09. The van der Waals surface area contributed by atoms with Crippen molar-refractivity contribution in [2.24, 2.45) is 25.8 Å². The van der Waals surface area contributed by atoms with Gasteiger partial charge in [-0.05, 0) is 66.9 Å². The number of amidine groups is 2. The number of para-hydroxylation sites is 1. The zero-order chi connectivity index (χ0) is 33.3. The number of aliphatic imine (C=N–C) groups is 3. The summed E-state index contributed by atoms with van der Waals surface area (Å²) in [4.78, 5) is 12.8. The highest BCUT2D eigenvalue weighted by Gasteiger charge is 2.34. The Morgan fingerprint density at radius 2 is 1.59 bits per heavy atom. The van der Waals surface area contributed by atoms with Crippen molar-refractivity contribution in [2.45, 2.75) is 32.1 Å². The Morgan fingerprint density at radius 3 is 2.20 bits per heavy atom. The highest BCUT2D eigenvalue weighted by Crippen LogP contribution is 2.32. The van der Waals surface area contributed by atoms with Crippen molar-refractivity contribution in [3.05, 3.63) is 113 Å². The first-order chi connectivity index (χ1) is 21.8. The molecule has 3 aromatic carbocycles. The number of thioether (sulfide) groups is 1. The molecule has 4 rings (SSSR count). The molecule has 0 bridgehead atoms. The Hall–Kier alpha value is -5.05. The van der Waals surface area contributed by atoms with Gasteiger partial charge in [-0.2, -0.15) is 18.3 Å². The van der Waals surface area contributed by atoms with Gasteiger partial charge in [0.15, 0.2) is 5.17 Å². The van der Waals surface area contributed by atoms with Gasteiger partial charge in [-0.3, -0.25) is 5.43 Å². The van der Waals surface area contributed by atoms with E-state index in [4.69, 9.17) is 10.2 Å². The van der Waals surface area contributed by atoms with Crippen LogP contribution in [0.2, 0.25) is 0 Å². The van der Waals surface area contributed by atoms with Crippen molar-refractivity contribution in [1.29, 1.82) is 0 Å². The van der Waals surface area contributed by atoms with Crippen LogP contribution >= 0.6 is 11.8 Å². The fourth-order valence-electron chi connectivity index (χ4n) is 3.79. The molecule has 0 saturated heterocycles. The molecule has 0 unspecified atom stereocenters. The van der Waals surface area contributed by atoms with E-state index in [1.807, 2.05) is 32.0 Å². The van der Waals surface area contributed by atoms with E-state index in [1.165, 1.54) is 30.8 Å². The number of hydrazone groups is 1. The van der Waals surface area contributed by atoms with Gasteiger partial charge in [0.05, 0.1) is 23.3 Å². The number of nitrogens with zero attached hydrogens (tertiary/aromatic N) is 4. The van der Waals surface area contributed by atoms with Crippen LogP contribution in [0.5, 0.6) is 5.75 Å². The average Bonchev–Trinajstić information content (AvgIpc) is 3.48. The maximum Gasteiger partial charge on any atom is 0.573 e. The largest absolute Gasteiger partial charge is 0.573 e. The molecule has 0 amide bonds. The molecular formula is C31H26F6N6O2S. The number of hydrogen-bond donors (Lipinski definition) is 2. The molecule has 0 radical (unpaired) electrons. The molecular weight excluding hydrogens is 634 g/mol. The molecule has 0 aliphatic carbocycles. The zero-order valence-electron chi connectivity index (χ0n) is 24.2. The first kappa shape index (κ1) is 33.8. The van der Waals surface area contributed by atoms with Gasteiger partial charge < -0.3 is 14.9 Å². The van der Waals surface area contributed by atoms with E-state index in [0.29, 0.717) is 27.7 Å². The summed E-state index contributed by atoms with van der Waals surface area (Å²) < 4.78 is 84.4. The third-order valence-corrected chi connectivity index (χ3v) is 6.88. The lowest BCUT2D eigenvalue weighted by atomic mass is 10.1. The van der Waals surface area contributed by atoms with Gasteiger partial charge in [-0.1, -0.05) is 54.2 Å². The van der Waals surface area contributed by atoms with Crippen molar-refractivity contribution in [2.75, 3.05) is 0 Å². The van der Waals surface area contributed by atoms with Crippen LogP contribution in [-0.4, -0.2) is 29.9 Å². The number of nitrogens with two attached hydrogens (primary N) is 1. The van der Waals surface area contributed by atoms with Crippen LogP contribution in [0.25, 0.3) is 0 Å². The summed E-state index contributed by atoms with van der Waals surface area (Å²) in [7, 11) is 0. The average molecular weight is 661 g/mol. The Morgan fingerprint density at radius 1 is 0.913 bits per heavy atom. The maximum atomic E-state index is 12.9. The Balaban J connectivity index is 1.40. The van der Waals surface area contributed by atoms with Crippen molar-refractivity contribution in [1.82, 2.24) is 5.43 Å². The third-order valence-electron chi connectivity index (χ3n) is 6.00. The summed E-state index contributed by atoms with van der Waals surface area (Å²) in [6.07, 6.45) is -6.65. The third kappa shape index (κ3) is 10.3. The zero-order valence-corrected chi connectivity index (χ0v) is 25.0. The summed E-state index contributed by atoms with van der Waals surface area (Å²) >= 11 is 1.13. The highest BCUT2D eigenvalue weighted by molar-refractivity contribution is 8.13. The molecule has 0 saturated carbocycles. The second kappa shape index (κ2) is 14.8. The van der Waals surface area contributed by atoms with Crippen LogP contribution in [0, 0.1) is 13.8 Å². The number of nitrogens with one attached hydrogen (secondary N) is 1. The van der Waals surface area contributed by atoms with Crippen molar-refractivity contribution in [3.63, 3.8) is 0 Å². The van der Waals surface area contributed by atoms with Gasteiger partial charge in [-0.25, -0.2) is 15.0 Å². The molecule has 46 heavy (non-hydrogen) atoms. The summed E-state index contributed by atoms with van der Waals surface area (Å²) in [6.45, 7) is 3.80. The topological polar surface area (TPSA) is 110 Å². The second-order valence-electron chi connectivity index (χ2n) is 9.50. The molecule has 0 aliphatic rings. The molecule has 4 aromatic rings. The number of furan rings is 1. The maximum absolute atomic E-state index is 12.9. The molecule has 0 spiro atoms. The van der Waals surface area contributed by atoms with Crippen molar-refractivity contribution >= 4 is 46.7 Å². The summed E-state index contributed by atoms with van der Waals surface area (Å²) in [5, 5.41) is 4.59. The van der Waals surface area contributed by atoms with E-state index in [9.17, 15) is 26.3 Å². The molecule has 1 heterocycles. The predicted molar refractivity (Wildman–Crippen MR) is 167 cm³/mol.